The van der Waals surface area contributed by atoms with Gasteiger partial charge in [0.15, 0.2) is 0 Å². The quantitative estimate of drug-likeness (QED) is 0.807. The van der Waals surface area contributed by atoms with E-state index in [1.807, 2.05) is 13.8 Å². The van der Waals surface area contributed by atoms with Gasteiger partial charge in [-0.05, 0) is 20.3 Å². The lowest BCUT2D eigenvalue weighted by Gasteiger charge is -2.26. The smallest absolute Gasteiger partial charge is 0.254 e. The molecule has 2 heterocycles. The first-order valence-corrected chi connectivity index (χ1v) is 5.59. The third-order valence-corrected chi connectivity index (χ3v) is 2.75. The van der Waals surface area contributed by atoms with Gasteiger partial charge in [0.25, 0.3) is 5.56 Å². The van der Waals surface area contributed by atoms with E-state index in [1.54, 1.807) is 0 Å². The van der Waals surface area contributed by atoms with Gasteiger partial charge in [0.2, 0.25) is 0 Å². The number of nitrogens with zero attached hydrogens (tertiary/aromatic N) is 2. The van der Waals surface area contributed by atoms with Crippen LogP contribution in [0.25, 0.3) is 0 Å². The summed E-state index contributed by atoms with van der Waals surface area (Å²) in [6.07, 6.45) is 0.755. The molecular weight excluding hydrogens is 206 g/mol. The lowest BCUT2D eigenvalue weighted by atomic mass is 10.1. The van der Waals surface area contributed by atoms with Crippen molar-refractivity contribution in [2.75, 3.05) is 19.9 Å². The second-order valence-electron chi connectivity index (χ2n) is 4.00. The second kappa shape index (κ2) is 4.76. The van der Waals surface area contributed by atoms with Crippen LogP contribution in [-0.2, 0) is 17.7 Å². The first-order valence-electron chi connectivity index (χ1n) is 5.59. The Bertz CT molecular complexity index is 428. The summed E-state index contributed by atoms with van der Waals surface area (Å²) in [7, 11) is 0. The van der Waals surface area contributed by atoms with Crippen LogP contribution in [0.1, 0.15) is 24.0 Å². The van der Waals surface area contributed by atoms with Crippen LogP contribution in [0.3, 0.4) is 0 Å². The van der Waals surface area contributed by atoms with Gasteiger partial charge in [0.1, 0.15) is 5.82 Å². The largest absolute Gasteiger partial charge is 0.366 e. The molecule has 2 rings (SSSR count). The van der Waals surface area contributed by atoms with Crippen molar-refractivity contribution in [1.29, 1.82) is 0 Å². The van der Waals surface area contributed by atoms with Crippen LogP contribution in [0, 0.1) is 6.92 Å². The highest BCUT2D eigenvalue weighted by atomic mass is 16.5. The van der Waals surface area contributed by atoms with Crippen molar-refractivity contribution in [2.24, 2.45) is 0 Å². The molecule has 0 fully saturated rings. The highest BCUT2D eigenvalue weighted by Crippen LogP contribution is 2.13. The summed E-state index contributed by atoms with van der Waals surface area (Å²) < 4.78 is 5.36. The van der Waals surface area contributed by atoms with Crippen molar-refractivity contribution in [3.05, 3.63) is 27.4 Å². The van der Waals surface area contributed by atoms with Crippen LogP contribution in [0.15, 0.2) is 4.79 Å². The van der Waals surface area contributed by atoms with Gasteiger partial charge < -0.3 is 9.72 Å². The summed E-state index contributed by atoms with van der Waals surface area (Å²) in [5, 5.41) is 0. The predicted octanol–water partition coefficient (Wildman–Crippen LogP) is 0.430. The zero-order valence-electron chi connectivity index (χ0n) is 9.75. The van der Waals surface area contributed by atoms with Gasteiger partial charge in [-0.15, -0.1) is 0 Å². The van der Waals surface area contributed by atoms with Crippen molar-refractivity contribution < 1.29 is 4.74 Å². The summed E-state index contributed by atoms with van der Waals surface area (Å²) >= 11 is 0. The third kappa shape index (κ3) is 2.31. The first-order chi connectivity index (χ1) is 7.70. The van der Waals surface area contributed by atoms with Crippen molar-refractivity contribution >= 4 is 0 Å². The normalized spacial score (nSPS) is 16.1. The molecule has 0 aromatic carbocycles. The third-order valence-electron chi connectivity index (χ3n) is 2.75. The zero-order valence-corrected chi connectivity index (χ0v) is 9.75. The highest BCUT2D eigenvalue weighted by molar-refractivity contribution is 5.20. The van der Waals surface area contributed by atoms with Crippen molar-refractivity contribution in [1.82, 2.24) is 14.9 Å². The minimum absolute atomic E-state index is 0.0126. The molecule has 1 aromatic heterocycles. The average molecular weight is 223 g/mol. The Kier molecular flexibility index (Phi) is 3.36. The van der Waals surface area contributed by atoms with E-state index in [1.165, 1.54) is 0 Å². The number of hydrogen-bond donors (Lipinski definition) is 1. The molecule has 0 unspecified atom stereocenters. The summed E-state index contributed by atoms with van der Waals surface area (Å²) in [6, 6.07) is 0. The molecule has 1 aliphatic heterocycles. The summed E-state index contributed by atoms with van der Waals surface area (Å²) in [5.41, 5.74) is 1.74. The van der Waals surface area contributed by atoms with Gasteiger partial charge in [-0.2, -0.15) is 0 Å². The van der Waals surface area contributed by atoms with Crippen LogP contribution >= 0.6 is 0 Å². The molecule has 0 bridgehead atoms. The molecule has 1 aliphatic rings. The number of hydrogen-bond acceptors (Lipinski definition) is 4. The molecule has 16 heavy (non-hydrogen) atoms. The summed E-state index contributed by atoms with van der Waals surface area (Å²) in [5.74, 6) is 0.682. The second-order valence-corrected chi connectivity index (χ2v) is 4.00. The number of ether oxygens (including phenoxy) is 1. The number of aryl methyl sites for hydroxylation is 1. The van der Waals surface area contributed by atoms with Crippen LogP contribution in [0.2, 0.25) is 0 Å². The van der Waals surface area contributed by atoms with Gasteiger partial charge in [0.05, 0.1) is 12.4 Å². The molecule has 0 spiro atoms. The molecule has 0 saturated heterocycles. The van der Waals surface area contributed by atoms with E-state index in [4.69, 9.17) is 4.74 Å². The van der Waals surface area contributed by atoms with Gasteiger partial charge >= 0.3 is 0 Å². The van der Waals surface area contributed by atoms with E-state index >= 15 is 0 Å². The number of fused-ring (bicyclic) bond motifs is 1. The standard InChI is InChI=1S/C11H17N3O2/c1-3-16-7-14-5-4-9-10(6-14)12-8(2)13-11(9)15/h3-7H2,1-2H3,(H,12,13,15). The fourth-order valence-electron chi connectivity index (χ4n) is 1.95. The van der Waals surface area contributed by atoms with Gasteiger partial charge in [-0.25, -0.2) is 4.98 Å². The zero-order chi connectivity index (χ0) is 11.5. The van der Waals surface area contributed by atoms with E-state index in [0.717, 1.165) is 24.2 Å². The molecule has 0 radical (unpaired) electrons. The molecule has 0 saturated carbocycles. The Morgan fingerprint density at radius 1 is 1.56 bits per heavy atom. The van der Waals surface area contributed by atoms with E-state index in [0.29, 0.717) is 25.7 Å². The summed E-state index contributed by atoms with van der Waals surface area (Å²) in [6.45, 7) is 6.68. The molecule has 5 heteroatoms. The highest BCUT2D eigenvalue weighted by Gasteiger charge is 2.19. The minimum Gasteiger partial charge on any atom is -0.366 e. The lowest BCUT2D eigenvalue weighted by Crippen LogP contribution is -2.36. The van der Waals surface area contributed by atoms with Gasteiger partial charge in [-0.1, -0.05) is 0 Å². The van der Waals surface area contributed by atoms with Crippen LogP contribution < -0.4 is 5.56 Å². The number of nitrogens with one attached hydrogen (secondary N) is 1. The number of rotatable bonds is 3. The molecule has 5 nitrogen and oxygen atoms in total. The molecule has 0 aliphatic carbocycles. The van der Waals surface area contributed by atoms with Crippen LogP contribution in [-0.4, -0.2) is 34.8 Å². The maximum Gasteiger partial charge on any atom is 0.254 e. The van der Waals surface area contributed by atoms with Gasteiger partial charge in [-0.3, -0.25) is 9.69 Å². The topological polar surface area (TPSA) is 58.2 Å². The molecular formula is C11H17N3O2. The molecule has 1 N–H and O–H groups in total. The van der Waals surface area contributed by atoms with E-state index in [9.17, 15) is 4.79 Å². The predicted molar refractivity (Wildman–Crippen MR) is 60.2 cm³/mol. The Balaban J connectivity index is 2.17. The SMILES string of the molecule is CCOCN1CCc2c(nc(C)[nH]c2=O)C1. The fraction of sp³-hybridized carbons (Fsp3) is 0.636. The molecule has 88 valence electrons. The fourth-order valence-corrected chi connectivity index (χ4v) is 1.95. The van der Waals surface area contributed by atoms with Crippen LogP contribution in [0.5, 0.6) is 0 Å². The summed E-state index contributed by atoms with van der Waals surface area (Å²) in [4.78, 5) is 20.9. The maximum atomic E-state index is 11.7. The van der Waals surface area contributed by atoms with E-state index in [2.05, 4.69) is 14.9 Å². The Hall–Kier alpha value is -1.20. The van der Waals surface area contributed by atoms with E-state index in [-0.39, 0.29) is 5.56 Å². The minimum atomic E-state index is 0.0126. The Labute approximate surface area is 94.5 Å². The lowest BCUT2D eigenvalue weighted by molar-refractivity contribution is 0.0268. The maximum absolute atomic E-state index is 11.7. The molecule has 1 aromatic rings. The number of aromatic amines is 1. The van der Waals surface area contributed by atoms with E-state index < -0.39 is 0 Å². The monoisotopic (exact) mass is 223 g/mol. The molecule has 0 amide bonds. The van der Waals surface area contributed by atoms with Crippen molar-refractivity contribution in [3.63, 3.8) is 0 Å². The Morgan fingerprint density at radius 2 is 2.38 bits per heavy atom. The van der Waals surface area contributed by atoms with Crippen molar-refractivity contribution in [2.45, 2.75) is 26.8 Å². The van der Waals surface area contributed by atoms with Crippen LogP contribution in [0.4, 0.5) is 0 Å². The Morgan fingerprint density at radius 3 is 3.12 bits per heavy atom. The average Bonchev–Trinajstić information content (AvgIpc) is 2.25. The van der Waals surface area contributed by atoms with Gasteiger partial charge in [0, 0.05) is 25.3 Å². The first kappa shape index (κ1) is 11.3. The number of H-pyrrole nitrogens is 1. The van der Waals surface area contributed by atoms with Crippen molar-refractivity contribution in [3.8, 4) is 0 Å². The number of aromatic nitrogens is 2. The molecule has 0 atom stereocenters.